The highest BCUT2D eigenvalue weighted by Crippen LogP contribution is 2.17. The third-order valence-electron chi connectivity index (χ3n) is 2.78. The topological polar surface area (TPSA) is 58.6 Å². The number of piperidine rings is 1. The molecule has 2 amide bonds. The fraction of sp³-hybridized carbons (Fsp3) is 0.833. The number of carbonyl (C=O) groups is 2. The predicted octanol–water partition coefficient (Wildman–Crippen LogP) is 1.38. The molecule has 1 aliphatic rings. The van der Waals surface area contributed by atoms with Crippen LogP contribution in [0.5, 0.6) is 0 Å². The Hall–Kier alpha value is -1.26. The predicted molar refractivity (Wildman–Crippen MR) is 64.6 cm³/mol. The fourth-order valence-electron chi connectivity index (χ4n) is 1.80. The number of hydrogen-bond acceptors (Lipinski definition) is 3. The van der Waals surface area contributed by atoms with Crippen LogP contribution in [0.25, 0.3) is 0 Å². The lowest BCUT2D eigenvalue weighted by atomic mass is 9.93. The number of hydrogen-bond donors (Lipinski definition) is 1. The molecule has 2 atom stereocenters. The van der Waals surface area contributed by atoms with E-state index in [2.05, 4.69) is 5.32 Å². The Labute approximate surface area is 102 Å². The molecule has 0 aromatic heterocycles. The fourth-order valence-corrected chi connectivity index (χ4v) is 1.80. The molecule has 0 radical (unpaired) electrons. The summed E-state index contributed by atoms with van der Waals surface area (Å²) < 4.78 is 5.20. The van der Waals surface area contributed by atoms with Gasteiger partial charge in [-0.15, -0.1) is 0 Å². The maximum absolute atomic E-state index is 11.6. The first-order chi connectivity index (χ1) is 7.69. The van der Waals surface area contributed by atoms with Crippen LogP contribution in [0.1, 0.15) is 34.1 Å². The maximum atomic E-state index is 11.6. The molecule has 1 fully saturated rings. The summed E-state index contributed by atoms with van der Waals surface area (Å²) >= 11 is 0. The SMILES string of the molecule is C[C@@H]1CC(=O)N(C)CC1NC(=O)OC(C)(C)C. The van der Waals surface area contributed by atoms with Crippen molar-refractivity contribution in [2.75, 3.05) is 13.6 Å². The first-order valence-electron chi connectivity index (χ1n) is 5.92. The minimum atomic E-state index is -0.496. The van der Waals surface area contributed by atoms with E-state index in [1.807, 2.05) is 27.7 Å². The van der Waals surface area contributed by atoms with Gasteiger partial charge >= 0.3 is 6.09 Å². The lowest BCUT2D eigenvalue weighted by Crippen LogP contribution is -2.53. The monoisotopic (exact) mass is 242 g/mol. The molecule has 0 aromatic rings. The Morgan fingerprint density at radius 2 is 2.06 bits per heavy atom. The summed E-state index contributed by atoms with van der Waals surface area (Å²) in [4.78, 5) is 24.7. The van der Waals surface area contributed by atoms with E-state index in [0.29, 0.717) is 13.0 Å². The van der Waals surface area contributed by atoms with Gasteiger partial charge in [-0.25, -0.2) is 4.79 Å². The first kappa shape index (κ1) is 13.8. The van der Waals surface area contributed by atoms with E-state index in [1.54, 1.807) is 11.9 Å². The van der Waals surface area contributed by atoms with Crippen LogP contribution in [0, 0.1) is 5.92 Å². The molecule has 1 aliphatic heterocycles. The molecule has 17 heavy (non-hydrogen) atoms. The van der Waals surface area contributed by atoms with Crippen molar-refractivity contribution in [1.29, 1.82) is 0 Å². The van der Waals surface area contributed by atoms with Crippen LogP contribution in [0.3, 0.4) is 0 Å². The van der Waals surface area contributed by atoms with Crippen LogP contribution in [0.2, 0.25) is 0 Å². The average Bonchev–Trinajstić information content (AvgIpc) is 2.11. The zero-order valence-corrected chi connectivity index (χ0v) is 11.2. The number of nitrogens with zero attached hydrogens (tertiary/aromatic N) is 1. The van der Waals surface area contributed by atoms with Gasteiger partial charge < -0.3 is 15.0 Å². The van der Waals surface area contributed by atoms with Crippen molar-refractivity contribution in [2.24, 2.45) is 5.92 Å². The standard InChI is InChI=1S/C12H22N2O3/c1-8-6-10(15)14(5)7-9(8)13-11(16)17-12(2,3)4/h8-9H,6-7H2,1-5H3,(H,13,16)/t8-,9?/m1/s1. The molecule has 5 heteroatoms. The summed E-state index contributed by atoms with van der Waals surface area (Å²) in [5.74, 6) is 0.269. The van der Waals surface area contributed by atoms with E-state index in [1.165, 1.54) is 0 Å². The van der Waals surface area contributed by atoms with Crippen molar-refractivity contribution >= 4 is 12.0 Å². The van der Waals surface area contributed by atoms with Gasteiger partial charge in [0.05, 0.1) is 6.04 Å². The van der Waals surface area contributed by atoms with Crippen molar-refractivity contribution in [3.8, 4) is 0 Å². The second-order valence-corrected chi connectivity index (χ2v) is 5.71. The zero-order valence-electron chi connectivity index (χ0n) is 11.2. The molecule has 0 aliphatic carbocycles. The summed E-state index contributed by atoms with van der Waals surface area (Å²) in [5.41, 5.74) is -0.496. The van der Waals surface area contributed by atoms with Crippen molar-refractivity contribution in [3.63, 3.8) is 0 Å². The van der Waals surface area contributed by atoms with Crippen LogP contribution >= 0.6 is 0 Å². The third-order valence-corrected chi connectivity index (χ3v) is 2.78. The molecule has 98 valence electrons. The van der Waals surface area contributed by atoms with Crippen LogP contribution in [0.4, 0.5) is 4.79 Å². The average molecular weight is 242 g/mol. The van der Waals surface area contributed by atoms with E-state index in [9.17, 15) is 9.59 Å². The van der Waals surface area contributed by atoms with Crippen molar-refractivity contribution < 1.29 is 14.3 Å². The first-order valence-corrected chi connectivity index (χ1v) is 5.92. The largest absolute Gasteiger partial charge is 0.444 e. The highest BCUT2D eigenvalue weighted by Gasteiger charge is 2.31. The van der Waals surface area contributed by atoms with Crippen LogP contribution in [-0.4, -0.2) is 42.1 Å². The second-order valence-electron chi connectivity index (χ2n) is 5.71. The minimum absolute atomic E-state index is 0.0347. The van der Waals surface area contributed by atoms with Gasteiger partial charge in [-0.05, 0) is 26.7 Å². The van der Waals surface area contributed by atoms with Gasteiger partial charge in [-0.2, -0.15) is 0 Å². The van der Waals surface area contributed by atoms with Crippen molar-refractivity contribution in [2.45, 2.75) is 45.8 Å². The lowest BCUT2D eigenvalue weighted by Gasteiger charge is -2.35. The Kier molecular flexibility index (Phi) is 4.01. The normalized spacial score (nSPS) is 25.7. The molecule has 1 saturated heterocycles. The van der Waals surface area contributed by atoms with Crippen LogP contribution in [-0.2, 0) is 9.53 Å². The molecule has 5 nitrogen and oxygen atoms in total. The van der Waals surface area contributed by atoms with Crippen LogP contribution < -0.4 is 5.32 Å². The van der Waals surface area contributed by atoms with E-state index in [4.69, 9.17) is 4.74 Å². The van der Waals surface area contributed by atoms with Gasteiger partial charge in [0.2, 0.25) is 5.91 Å². The molecule has 1 unspecified atom stereocenters. The van der Waals surface area contributed by atoms with E-state index in [0.717, 1.165) is 0 Å². The lowest BCUT2D eigenvalue weighted by molar-refractivity contribution is -0.134. The Balaban J connectivity index is 2.51. The Bertz CT molecular complexity index is 309. The Morgan fingerprint density at radius 3 is 2.59 bits per heavy atom. The van der Waals surface area contributed by atoms with Gasteiger partial charge in [0.15, 0.2) is 0 Å². The Morgan fingerprint density at radius 1 is 1.47 bits per heavy atom. The molecule has 0 spiro atoms. The number of likely N-dealkylation sites (N-methyl/N-ethyl adjacent to an activating group) is 1. The highest BCUT2D eigenvalue weighted by atomic mass is 16.6. The van der Waals surface area contributed by atoms with E-state index < -0.39 is 11.7 Å². The smallest absolute Gasteiger partial charge is 0.407 e. The molecule has 1 rings (SSSR count). The molecular weight excluding hydrogens is 220 g/mol. The highest BCUT2D eigenvalue weighted by molar-refractivity contribution is 5.77. The summed E-state index contributed by atoms with van der Waals surface area (Å²) in [7, 11) is 1.75. The van der Waals surface area contributed by atoms with Gasteiger partial charge in [0.1, 0.15) is 5.60 Å². The van der Waals surface area contributed by atoms with Crippen LogP contribution in [0.15, 0.2) is 0 Å². The molecular formula is C12H22N2O3. The van der Waals surface area contributed by atoms with Gasteiger partial charge in [0.25, 0.3) is 0 Å². The summed E-state index contributed by atoms with van der Waals surface area (Å²) in [6.45, 7) is 7.98. The summed E-state index contributed by atoms with van der Waals surface area (Å²) in [5, 5.41) is 2.82. The number of amides is 2. The number of alkyl carbamates (subject to hydrolysis) is 1. The number of carbonyl (C=O) groups excluding carboxylic acids is 2. The summed E-state index contributed by atoms with van der Waals surface area (Å²) in [6, 6.07) is -0.0347. The van der Waals surface area contributed by atoms with Gasteiger partial charge in [-0.3, -0.25) is 4.79 Å². The third kappa shape index (κ3) is 4.24. The van der Waals surface area contributed by atoms with Crippen molar-refractivity contribution in [1.82, 2.24) is 10.2 Å². The second kappa shape index (κ2) is 4.94. The van der Waals surface area contributed by atoms with Gasteiger partial charge in [-0.1, -0.05) is 6.92 Å². The molecule has 1 heterocycles. The maximum Gasteiger partial charge on any atom is 0.407 e. The van der Waals surface area contributed by atoms with Gasteiger partial charge in [0, 0.05) is 20.0 Å². The van der Waals surface area contributed by atoms with E-state index >= 15 is 0 Å². The molecule has 0 saturated carbocycles. The number of ether oxygens (including phenoxy) is 1. The van der Waals surface area contributed by atoms with Crippen molar-refractivity contribution in [3.05, 3.63) is 0 Å². The minimum Gasteiger partial charge on any atom is -0.444 e. The number of nitrogens with one attached hydrogen (secondary N) is 1. The number of rotatable bonds is 1. The molecule has 1 N–H and O–H groups in total. The van der Waals surface area contributed by atoms with E-state index in [-0.39, 0.29) is 17.9 Å². The quantitative estimate of drug-likeness (QED) is 0.755. The molecule has 0 aromatic carbocycles. The zero-order chi connectivity index (χ0) is 13.2. The number of likely N-dealkylation sites (tertiary alicyclic amines) is 1. The summed E-state index contributed by atoms with van der Waals surface area (Å²) in [6.07, 6.45) is 0.0499. The molecule has 0 bridgehead atoms.